The van der Waals surface area contributed by atoms with E-state index < -0.39 is 73.0 Å². The lowest BCUT2D eigenvalue weighted by Crippen LogP contribution is -2.55. The molecule has 1 saturated heterocycles. The Hall–Kier alpha value is -2.50. The molecule has 0 aromatic heterocycles. The van der Waals surface area contributed by atoms with Gasteiger partial charge in [-0.25, -0.2) is 13.6 Å². The van der Waals surface area contributed by atoms with Crippen LogP contribution < -0.4 is 16.0 Å². The number of amides is 4. The molecule has 0 radical (unpaired) electrons. The van der Waals surface area contributed by atoms with Gasteiger partial charge in [0.05, 0.1) is 12.6 Å². The monoisotopic (exact) mass is 552 g/mol. The Morgan fingerprint density at radius 3 is 2.05 bits per heavy atom. The quantitative estimate of drug-likeness (QED) is 0.347. The van der Waals surface area contributed by atoms with Crippen molar-refractivity contribution in [3.63, 3.8) is 0 Å². The second-order valence-corrected chi connectivity index (χ2v) is 10.4. The van der Waals surface area contributed by atoms with Gasteiger partial charge < -0.3 is 30.7 Å². The predicted molar refractivity (Wildman–Crippen MR) is 143 cm³/mol. The number of rotatable bonds is 9. The second-order valence-electron chi connectivity index (χ2n) is 10.4. The molecule has 1 aliphatic rings. The van der Waals surface area contributed by atoms with E-state index in [1.165, 1.54) is 0 Å². The number of aliphatic hydroxyl groups excluding tert-OH is 1. The summed E-state index contributed by atoms with van der Waals surface area (Å²) in [6.07, 6.45) is -2.65. The summed E-state index contributed by atoms with van der Waals surface area (Å²) in [5.74, 6) is -4.96. The first-order valence-corrected chi connectivity index (χ1v) is 13.3. The molecule has 0 aliphatic carbocycles. The Balaban J connectivity index is 0. The Labute approximate surface area is 226 Å². The zero-order valence-corrected chi connectivity index (χ0v) is 24.7. The van der Waals surface area contributed by atoms with Crippen molar-refractivity contribution in [3.05, 3.63) is 0 Å². The van der Waals surface area contributed by atoms with Crippen molar-refractivity contribution in [2.24, 2.45) is 5.92 Å². The van der Waals surface area contributed by atoms with Gasteiger partial charge >= 0.3 is 6.09 Å². The number of ether oxygens (including phenoxy) is 1. The van der Waals surface area contributed by atoms with Gasteiger partial charge in [-0.2, -0.15) is 0 Å². The number of alkyl carbamates (subject to hydrolysis) is 1. The summed E-state index contributed by atoms with van der Waals surface area (Å²) in [5, 5.41) is 17.3. The van der Waals surface area contributed by atoms with Gasteiger partial charge in [-0.15, -0.1) is 0 Å². The normalized spacial score (nSPS) is 17.6. The number of alkyl halides is 2. The summed E-state index contributed by atoms with van der Waals surface area (Å²) in [5.41, 5.74) is -0.810. The average Bonchev–Trinajstić information content (AvgIpc) is 3.12. The second kappa shape index (κ2) is 17.9. The van der Waals surface area contributed by atoms with Crippen LogP contribution in [-0.4, -0.2) is 83.2 Å². The van der Waals surface area contributed by atoms with Gasteiger partial charge in [-0.3, -0.25) is 14.4 Å². The van der Waals surface area contributed by atoms with Gasteiger partial charge in [-0.1, -0.05) is 48.0 Å². The van der Waals surface area contributed by atoms with Crippen LogP contribution in [0.2, 0.25) is 0 Å². The van der Waals surface area contributed by atoms with Crippen molar-refractivity contribution >= 4 is 23.8 Å². The Morgan fingerprint density at radius 2 is 1.61 bits per heavy atom. The van der Waals surface area contributed by atoms with Gasteiger partial charge in [0, 0.05) is 13.0 Å². The largest absolute Gasteiger partial charge is 0.444 e. The molecule has 12 heteroatoms. The molecule has 1 heterocycles. The first-order chi connectivity index (χ1) is 17.4. The third-order valence-corrected chi connectivity index (χ3v) is 4.60. The number of likely N-dealkylation sites (tertiary alicyclic amines) is 1. The summed E-state index contributed by atoms with van der Waals surface area (Å²) in [6, 6.07) is -2.52. The summed E-state index contributed by atoms with van der Waals surface area (Å²) in [4.78, 5) is 49.6. The van der Waals surface area contributed by atoms with E-state index in [0.717, 1.165) is 5.92 Å². The van der Waals surface area contributed by atoms with Crippen molar-refractivity contribution in [2.75, 3.05) is 19.6 Å². The van der Waals surface area contributed by atoms with Gasteiger partial charge in [0.1, 0.15) is 18.2 Å². The van der Waals surface area contributed by atoms with Crippen molar-refractivity contribution in [2.45, 2.75) is 118 Å². The third kappa shape index (κ3) is 15.7. The lowest BCUT2D eigenvalue weighted by Gasteiger charge is -2.28. The molecule has 1 fully saturated rings. The van der Waals surface area contributed by atoms with E-state index in [2.05, 4.69) is 36.7 Å². The van der Waals surface area contributed by atoms with Crippen LogP contribution in [0, 0.1) is 5.92 Å². The molecule has 224 valence electrons. The molecule has 0 spiro atoms. The highest BCUT2D eigenvalue weighted by Gasteiger charge is 2.50. The minimum absolute atomic E-state index is 0.224. The lowest BCUT2D eigenvalue weighted by molar-refractivity contribution is -0.139. The van der Waals surface area contributed by atoms with E-state index in [1.54, 1.807) is 34.6 Å². The number of hydrogen-bond acceptors (Lipinski definition) is 6. The molecule has 0 aromatic carbocycles. The molecule has 0 saturated carbocycles. The molecule has 4 N–H and O–H groups in total. The average molecular weight is 553 g/mol. The highest BCUT2D eigenvalue weighted by Crippen LogP contribution is 2.32. The van der Waals surface area contributed by atoms with Crippen LogP contribution in [0.25, 0.3) is 0 Å². The Bertz CT molecular complexity index is 741. The number of hydrogen-bond donors (Lipinski definition) is 4. The molecule has 0 aromatic rings. The van der Waals surface area contributed by atoms with Gasteiger partial charge in [-0.05, 0) is 40.0 Å². The van der Waals surface area contributed by atoms with Crippen molar-refractivity contribution in [1.82, 2.24) is 20.9 Å². The zero-order chi connectivity index (χ0) is 30.3. The molecule has 10 nitrogen and oxygen atoms in total. The van der Waals surface area contributed by atoms with Gasteiger partial charge in [0.2, 0.25) is 11.8 Å². The standard InChI is InChI=1S/C20H34F2N4O6.C4H10.C2H6/c1-6-8-12(15(28)17(30)23-7-2)25-16(29)13-9-20(21,22)11-26(13)14(27)10-24-18(31)32-19(3,4)5;1-4(2)3;1-2/h12-13,15,28H,6-11H2,1-5H3,(H,23,30)(H,24,31)(H,25,29);4H,1-3H3;1-2H3. The molecule has 3 unspecified atom stereocenters. The smallest absolute Gasteiger partial charge is 0.408 e. The molecule has 1 aliphatic heterocycles. The number of carbonyl (C=O) groups is 4. The molecule has 1 rings (SSSR count). The fourth-order valence-electron chi connectivity index (χ4n) is 3.24. The van der Waals surface area contributed by atoms with Gasteiger partial charge in [0.15, 0.2) is 6.10 Å². The van der Waals surface area contributed by atoms with E-state index >= 15 is 0 Å². The van der Waals surface area contributed by atoms with Crippen LogP contribution in [0.4, 0.5) is 13.6 Å². The Kier molecular flexibility index (Phi) is 17.7. The van der Waals surface area contributed by atoms with E-state index in [1.807, 2.05) is 13.8 Å². The number of nitrogens with one attached hydrogen (secondary N) is 3. The number of carbonyl (C=O) groups excluding carboxylic acids is 4. The lowest BCUT2D eigenvalue weighted by atomic mass is 10.0. The van der Waals surface area contributed by atoms with E-state index in [4.69, 9.17) is 4.74 Å². The van der Waals surface area contributed by atoms with Crippen molar-refractivity contribution < 1.29 is 37.8 Å². The molecule has 38 heavy (non-hydrogen) atoms. The molecular weight excluding hydrogens is 502 g/mol. The predicted octanol–water partition coefficient (Wildman–Crippen LogP) is 3.22. The number of nitrogens with zero attached hydrogens (tertiary/aromatic N) is 1. The highest BCUT2D eigenvalue weighted by atomic mass is 19.3. The summed E-state index contributed by atoms with van der Waals surface area (Å²) in [7, 11) is 0. The van der Waals surface area contributed by atoms with Crippen LogP contribution in [0.15, 0.2) is 0 Å². The van der Waals surface area contributed by atoms with Crippen LogP contribution in [0.3, 0.4) is 0 Å². The molecule has 0 bridgehead atoms. The number of likely N-dealkylation sites (N-methyl/N-ethyl adjacent to an activating group) is 1. The van der Waals surface area contributed by atoms with E-state index in [0.29, 0.717) is 11.3 Å². The van der Waals surface area contributed by atoms with Crippen molar-refractivity contribution in [1.29, 1.82) is 0 Å². The Morgan fingerprint density at radius 1 is 1.08 bits per heavy atom. The van der Waals surface area contributed by atoms with E-state index in [9.17, 15) is 33.1 Å². The first kappa shape index (κ1) is 37.7. The molecule has 3 atom stereocenters. The minimum atomic E-state index is -3.30. The summed E-state index contributed by atoms with van der Waals surface area (Å²) < 4.78 is 33.1. The summed E-state index contributed by atoms with van der Waals surface area (Å²) >= 11 is 0. The maximum atomic E-state index is 14.1. The third-order valence-electron chi connectivity index (χ3n) is 4.60. The zero-order valence-electron chi connectivity index (χ0n) is 24.7. The van der Waals surface area contributed by atoms with Crippen LogP contribution in [0.5, 0.6) is 0 Å². The molecule has 4 amide bonds. The summed E-state index contributed by atoms with van der Waals surface area (Å²) in [6.45, 7) is 17.4. The topological polar surface area (TPSA) is 137 Å². The fraction of sp³-hybridized carbons (Fsp3) is 0.846. The fourth-order valence-corrected chi connectivity index (χ4v) is 3.24. The molecular formula is C26H50F2N4O6. The van der Waals surface area contributed by atoms with Crippen LogP contribution in [-0.2, 0) is 19.1 Å². The maximum Gasteiger partial charge on any atom is 0.408 e. The van der Waals surface area contributed by atoms with Crippen LogP contribution in [0.1, 0.15) is 88.5 Å². The highest BCUT2D eigenvalue weighted by molar-refractivity contribution is 5.91. The number of aliphatic hydroxyl groups is 1. The van der Waals surface area contributed by atoms with Gasteiger partial charge in [0.25, 0.3) is 11.8 Å². The number of halogens is 2. The van der Waals surface area contributed by atoms with Crippen molar-refractivity contribution in [3.8, 4) is 0 Å². The van der Waals surface area contributed by atoms with E-state index in [-0.39, 0.29) is 13.0 Å². The minimum Gasteiger partial charge on any atom is -0.444 e. The van der Waals surface area contributed by atoms with Crippen LogP contribution >= 0.6 is 0 Å². The maximum absolute atomic E-state index is 14.1. The first-order valence-electron chi connectivity index (χ1n) is 13.3. The SMILES string of the molecule is CC.CC(C)C.CCCC(NC(=O)C1CC(F)(F)CN1C(=O)CNC(=O)OC(C)(C)C)C(O)C(=O)NCC.